The zero-order chi connectivity index (χ0) is 16.3. The van der Waals surface area contributed by atoms with Crippen LogP contribution in [0.2, 0.25) is 0 Å². The highest BCUT2D eigenvalue weighted by atomic mass is 32.1. The van der Waals surface area contributed by atoms with Crippen LogP contribution in [0.5, 0.6) is 5.75 Å². The smallest absolute Gasteiger partial charge is 0.355 e. The zero-order valence-corrected chi connectivity index (χ0v) is 13.4. The van der Waals surface area contributed by atoms with Gasteiger partial charge >= 0.3 is 5.97 Å². The number of hydrogen-bond donors (Lipinski definition) is 1. The van der Waals surface area contributed by atoms with Crippen LogP contribution in [0, 0.1) is 6.92 Å². The molecule has 0 unspecified atom stereocenters. The van der Waals surface area contributed by atoms with E-state index in [4.69, 9.17) is 9.84 Å². The topological polar surface area (TPSA) is 76.5 Å². The van der Waals surface area contributed by atoms with Crippen molar-refractivity contribution >= 4 is 23.1 Å². The van der Waals surface area contributed by atoms with Gasteiger partial charge in [-0.1, -0.05) is 19.9 Å². The van der Waals surface area contributed by atoms with Crippen molar-refractivity contribution in [2.45, 2.75) is 26.7 Å². The number of ketones is 1. The first-order valence-corrected chi connectivity index (χ1v) is 7.71. The molecule has 0 radical (unpaired) electrons. The summed E-state index contributed by atoms with van der Waals surface area (Å²) in [7, 11) is 0. The Morgan fingerprint density at radius 3 is 2.64 bits per heavy atom. The second-order valence-corrected chi connectivity index (χ2v) is 6.09. The number of carboxylic acid groups (broad SMARTS) is 1. The predicted octanol–water partition coefficient (Wildman–Crippen LogP) is 3.53. The van der Waals surface area contributed by atoms with Crippen LogP contribution in [0.15, 0.2) is 23.6 Å². The Morgan fingerprint density at radius 1 is 1.36 bits per heavy atom. The van der Waals surface area contributed by atoms with E-state index in [9.17, 15) is 9.59 Å². The molecule has 2 aromatic rings. The second-order valence-electron chi connectivity index (χ2n) is 5.23. The summed E-state index contributed by atoms with van der Waals surface area (Å²) in [6.45, 7) is 6.08. The SMILES string of the molecule is Cc1cc(OCC(=O)c2nc(C(=O)O)cs2)ccc1C(C)C. The highest BCUT2D eigenvalue weighted by Gasteiger charge is 2.15. The van der Waals surface area contributed by atoms with E-state index in [1.54, 1.807) is 0 Å². The average molecular weight is 319 g/mol. The maximum Gasteiger partial charge on any atom is 0.355 e. The lowest BCUT2D eigenvalue weighted by Gasteiger charge is -2.11. The van der Waals surface area contributed by atoms with E-state index in [0.717, 1.165) is 16.9 Å². The van der Waals surface area contributed by atoms with E-state index in [0.29, 0.717) is 11.7 Å². The Kier molecular flexibility index (Phi) is 4.92. The average Bonchev–Trinajstić information content (AvgIpc) is 2.94. The first-order chi connectivity index (χ1) is 10.4. The van der Waals surface area contributed by atoms with Crippen molar-refractivity contribution < 1.29 is 19.4 Å². The van der Waals surface area contributed by atoms with Crippen molar-refractivity contribution in [3.05, 3.63) is 45.4 Å². The monoisotopic (exact) mass is 319 g/mol. The van der Waals surface area contributed by atoms with E-state index >= 15 is 0 Å². The van der Waals surface area contributed by atoms with Gasteiger partial charge in [-0.15, -0.1) is 11.3 Å². The zero-order valence-electron chi connectivity index (χ0n) is 12.6. The van der Waals surface area contributed by atoms with Gasteiger partial charge in [0, 0.05) is 5.38 Å². The van der Waals surface area contributed by atoms with Gasteiger partial charge in [0.2, 0.25) is 5.78 Å². The molecule has 116 valence electrons. The summed E-state index contributed by atoms with van der Waals surface area (Å²) in [5, 5.41) is 10.3. The minimum absolute atomic E-state index is 0.120. The normalized spacial score (nSPS) is 10.7. The minimum Gasteiger partial charge on any atom is -0.485 e. The lowest BCUT2D eigenvalue weighted by molar-refractivity contribution is 0.0691. The standard InChI is InChI=1S/C16H17NO4S/c1-9(2)12-5-4-11(6-10(12)3)21-7-14(18)15-17-13(8-22-15)16(19)20/h4-6,8-9H,7H2,1-3H3,(H,19,20). The number of carboxylic acids is 1. The molecule has 0 saturated heterocycles. The molecule has 1 heterocycles. The summed E-state index contributed by atoms with van der Waals surface area (Å²) >= 11 is 1.01. The lowest BCUT2D eigenvalue weighted by atomic mass is 9.98. The van der Waals surface area contributed by atoms with Gasteiger partial charge in [0.15, 0.2) is 17.3 Å². The number of aromatic nitrogens is 1. The molecule has 22 heavy (non-hydrogen) atoms. The second kappa shape index (κ2) is 6.70. The number of carbonyl (C=O) groups is 2. The van der Waals surface area contributed by atoms with E-state index in [-0.39, 0.29) is 23.1 Å². The molecule has 2 rings (SSSR count). The molecular weight excluding hydrogens is 302 g/mol. The Balaban J connectivity index is 2.01. The molecule has 0 fully saturated rings. The van der Waals surface area contributed by atoms with Crippen molar-refractivity contribution in [2.24, 2.45) is 0 Å². The molecule has 6 heteroatoms. The minimum atomic E-state index is -1.14. The number of rotatable bonds is 6. The maximum atomic E-state index is 11.9. The van der Waals surface area contributed by atoms with Gasteiger partial charge in [0.05, 0.1) is 0 Å². The number of benzene rings is 1. The van der Waals surface area contributed by atoms with Gasteiger partial charge in [0.25, 0.3) is 0 Å². The summed E-state index contributed by atoms with van der Waals surface area (Å²) < 4.78 is 5.48. The first-order valence-electron chi connectivity index (χ1n) is 6.84. The largest absolute Gasteiger partial charge is 0.485 e. The summed E-state index contributed by atoms with van der Waals surface area (Å²) in [5.41, 5.74) is 2.23. The van der Waals surface area contributed by atoms with Crippen molar-refractivity contribution in [3.63, 3.8) is 0 Å². The summed E-state index contributed by atoms with van der Waals surface area (Å²) in [4.78, 5) is 26.5. The Labute approximate surface area is 132 Å². The van der Waals surface area contributed by atoms with Gasteiger partial charge < -0.3 is 9.84 Å². The fraction of sp³-hybridized carbons (Fsp3) is 0.312. The third-order valence-corrected chi connectivity index (χ3v) is 4.08. The number of hydrogen-bond acceptors (Lipinski definition) is 5. The van der Waals surface area contributed by atoms with Crippen LogP contribution >= 0.6 is 11.3 Å². The number of aromatic carboxylic acids is 1. The Hall–Kier alpha value is -2.21. The van der Waals surface area contributed by atoms with Gasteiger partial charge in [-0.2, -0.15) is 0 Å². The molecule has 1 aromatic heterocycles. The van der Waals surface area contributed by atoms with Crippen LogP contribution in [-0.2, 0) is 0 Å². The third kappa shape index (κ3) is 3.71. The van der Waals surface area contributed by atoms with Crippen LogP contribution in [0.3, 0.4) is 0 Å². The molecule has 0 saturated carbocycles. The molecule has 1 N–H and O–H groups in total. The third-order valence-electron chi connectivity index (χ3n) is 3.20. The molecule has 0 atom stereocenters. The van der Waals surface area contributed by atoms with Gasteiger partial charge in [-0.25, -0.2) is 9.78 Å². The van der Waals surface area contributed by atoms with Crippen LogP contribution in [0.1, 0.15) is 51.2 Å². The number of ether oxygens (including phenoxy) is 1. The summed E-state index contributed by atoms with van der Waals surface area (Å²) in [6, 6.07) is 5.72. The van der Waals surface area contributed by atoms with Gasteiger partial charge in [-0.3, -0.25) is 4.79 Å². The number of thiazole rings is 1. The molecular formula is C16H17NO4S. The number of Topliss-reactive ketones (excluding diaryl/α,β-unsaturated/α-hetero) is 1. The Bertz CT molecular complexity index is 706. The number of carbonyl (C=O) groups excluding carboxylic acids is 1. The molecule has 0 aliphatic rings. The predicted molar refractivity (Wildman–Crippen MR) is 84.2 cm³/mol. The maximum absolute atomic E-state index is 11.9. The molecule has 1 aromatic carbocycles. The van der Waals surface area contributed by atoms with Crippen LogP contribution in [0.25, 0.3) is 0 Å². The molecule has 0 aliphatic carbocycles. The summed E-state index contributed by atoms with van der Waals surface area (Å²) in [5.74, 6) is -0.426. The molecule has 0 spiro atoms. The van der Waals surface area contributed by atoms with Crippen molar-refractivity contribution in [3.8, 4) is 5.75 Å². The first kappa shape index (κ1) is 16.2. The highest BCUT2D eigenvalue weighted by Crippen LogP contribution is 2.23. The van der Waals surface area contributed by atoms with E-state index in [2.05, 4.69) is 18.8 Å². The summed E-state index contributed by atoms with van der Waals surface area (Å²) in [6.07, 6.45) is 0. The lowest BCUT2D eigenvalue weighted by Crippen LogP contribution is -2.12. The van der Waals surface area contributed by atoms with Crippen LogP contribution in [-0.4, -0.2) is 28.4 Å². The molecule has 0 aliphatic heterocycles. The van der Waals surface area contributed by atoms with Crippen molar-refractivity contribution in [1.82, 2.24) is 4.98 Å². The van der Waals surface area contributed by atoms with Crippen LogP contribution < -0.4 is 4.74 Å². The molecule has 5 nitrogen and oxygen atoms in total. The number of aryl methyl sites for hydroxylation is 1. The fourth-order valence-electron chi connectivity index (χ4n) is 2.10. The highest BCUT2D eigenvalue weighted by molar-refractivity contribution is 7.12. The van der Waals surface area contributed by atoms with Crippen molar-refractivity contribution in [2.75, 3.05) is 6.61 Å². The van der Waals surface area contributed by atoms with Gasteiger partial charge in [-0.05, 0) is 36.1 Å². The number of nitrogens with zero attached hydrogens (tertiary/aromatic N) is 1. The van der Waals surface area contributed by atoms with E-state index < -0.39 is 5.97 Å². The van der Waals surface area contributed by atoms with Crippen LogP contribution in [0.4, 0.5) is 0 Å². The molecule has 0 bridgehead atoms. The molecule has 0 amide bonds. The van der Waals surface area contributed by atoms with Gasteiger partial charge in [0.1, 0.15) is 5.75 Å². The van der Waals surface area contributed by atoms with E-state index in [1.807, 2.05) is 25.1 Å². The quantitative estimate of drug-likeness (QED) is 0.824. The van der Waals surface area contributed by atoms with E-state index in [1.165, 1.54) is 10.9 Å². The Morgan fingerprint density at radius 2 is 2.09 bits per heavy atom. The van der Waals surface area contributed by atoms with Crippen molar-refractivity contribution in [1.29, 1.82) is 0 Å². The fourth-order valence-corrected chi connectivity index (χ4v) is 2.81.